The summed E-state index contributed by atoms with van der Waals surface area (Å²) in [6.07, 6.45) is 7.02. The molecule has 0 radical (unpaired) electrons. The van der Waals surface area contributed by atoms with Gasteiger partial charge in [0.15, 0.2) is 0 Å². The van der Waals surface area contributed by atoms with Gasteiger partial charge in [0.2, 0.25) is 5.95 Å². The van der Waals surface area contributed by atoms with E-state index < -0.39 is 0 Å². The highest BCUT2D eigenvalue weighted by Crippen LogP contribution is 2.31. The fourth-order valence-electron chi connectivity index (χ4n) is 4.31. The Morgan fingerprint density at radius 3 is 2.86 bits per heavy atom. The third-order valence-corrected chi connectivity index (χ3v) is 6.11. The summed E-state index contributed by atoms with van der Waals surface area (Å²) in [5.74, 6) is 1.48. The summed E-state index contributed by atoms with van der Waals surface area (Å²) in [7, 11) is 1.56. The van der Waals surface area contributed by atoms with Gasteiger partial charge in [-0.1, -0.05) is 6.07 Å². The van der Waals surface area contributed by atoms with Gasteiger partial charge in [-0.15, -0.1) is 0 Å². The first-order chi connectivity index (χ1) is 14.2. The van der Waals surface area contributed by atoms with Crippen LogP contribution in [-0.4, -0.2) is 41.9 Å². The highest BCUT2D eigenvalue weighted by molar-refractivity contribution is 5.37. The van der Waals surface area contributed by atoms with Crippen LogP contribution < -0.4 is 15.0 Å². The van der Waals surface area contributed by atoms with Crippen molar-refractivity contribution in [3.8, 4) is 5.75 Å². The predicted molar refractivity (Wildman–Crippen MR) is 110 cm³/mol. The molecule has 1 aliphatic carbocycles. The molecule has 0 unspecified atom stereocenters. The van der Waals surface area contributed by atoms with Crippen LogP contribution in [0.3, 0.4) is 0 Å². The number of fused-ring (bicyclic) bond motifs is 1. The smallest absolute Gasteiger partial charge is 0.225 e. The van der Waals surface area contributed by atoms with E-state index in [0.717, 1.165) is 68.0 Å². The van der Waals surface area contributed by atoms with Crippen LogP contribution in [0, 0.1) is 11.7 Å². The number of aliphatic hydroxyl groups excluding tert-OH is 1. The molecular weight excluding hydrogens is 371 g/mol. The molecule has 2 heterocycles. The first-order valence-corrected chi connectivity index (χ1v) is 10.5. The van der Waals surface area contributed by atoms with Gasteiger partial charge in [0.25, 0.3) is 0 Å². The van der Waals surface area contributed by atoms with Crippen molar-refractivity contribution in [2.24, 2.45) is 5.92 Å². The summed E-state index contributed by atoms with van der Waals surface area (Å²) >= 11 is 0. The van der Waals surface area contributed by atoms with Crippen molar-refractivity contribution in [1.29, 1.82) is 0 Å². The Kier molecular flexibility index (Phi) is 6.25. The number of aliphatic hydroxyl groups is 1. The highest BCUT2D eigenvalue weighted by atomic mass is 19.1. The van der Waals surface area contributed by atoms with E-state index in [2.05, 4.69) is 15.2 Å². The molecule has 0 spiro atoms. The van der Waals surface area contributed by atoms with Gasteiger partial charge in [0, 0.05) is 55.7 Å². The quantitative estimate of drug-likeness (QED) is 0.777. The zero-order valence-corrected chi connectivity index (χ0v) is 16.9. The van der Waals surface area contributed by atoms with Gasteiger partial charge in [-0.2, -0.15) is 0 Å². The minimum atomic E-state index is -0.294. The molecule has 1 aliphatic heterocycles. The van der Waals surface area contributed by atoms with Crippen LogP contribution in [0.2, 0.25) is 0 Å². The van der Waals surface area contributed by atoms with Gasteiger partial charge in [-0.25, -0.2) is 14.4 Å². The monoisotopic (exact) mass is 400 g/mol. The normalized spacial score (nSPS) is 19.8. The number of hydrogen-bond acceptors (Lipinski definition) is 6. The van der Waals surface area contributed by atoms with E-state index in [0.29, 0.717) is 18.2 Å². The van der Waals surface area contributed by atoms with Gasteiger partial charge in [0.1, 0.15) is 11.6 Å². The average molecular weight is 400 g/mol. The zero-order chi connectivity index (χ0) is 20.2. The van der Waals surface area contributed by atoms with E-state index >= 15 is 0 Å². The second kappa shape index (κ2) is 9.05. The van der Waals surface area contributed by atoms with Crippen LogP contribution in [0.5, 0.6) is 5.75 Å². The Hall–Kier alpha value is -2.25. The molecule has 156 valence electrons. The number of rotatable bonds is 6. The number of methoxy groups -OCH3 is 1. The van der Waals surface area contributed by atoms with Gasteiger partial charge in [-0.05, 0) is 44.1 Å². The molecule has 0 amide bonds. The minimum absolute atomic E-state index is 0.183. The van der Waals surface area contributed by atoms with Gasteiger partial charge in [0.05, 0.1) is 12.8 Å². The number of benzene rings is 1. The van der Waals surface area contributed by atoms with Crippen LogP contribution in [0.4, 0.5) is 10.3 Å². The molecule has 2 aliphatic rings. The number of ether oxygens (including phenoxy) is 1. The number of aromatic nitrogens is 2. The summed E-state index contributed by atoms with van der Waals surface area (Å²) in [4.78, 5) is 11.8. The van der Waals surface area contributed by atoms with Crippen molar-refractivity contribution in [3.63, 3.8) is 0 Å². The first-order valence-electron chi connectivity index (χ1n) is 10.5. The Balaban J connectivity index is 1.45. The fourth-order valence-corrected chi connectivity index (χ4v) is 4.31. The zero-order valence-electron chi connectivity index (χ0n) is 16.9. The molecule has 7 heteroatoms. The van der Waals surface area contributed by atoms with E-state index in [1.54, 1.807) is 13.2 Å². The third kappa shape index (κ3) is 4.51. The van der Waals surface area contributed by atoms with Gasteiger partial charge < -0.3 is 20.1 Å². The number of anilines is 1. The summed E-state index contributed by atoms with van der Waals surface area (Å²) in [6, 6.07) is 4.83. The van der Waals surface area contributed by atoms with E-state index in [4.69, 9.17) is 9.72 Å². The van der Waals surface area contributed by atoms with Crippen LogP contribution in [-0.2, 0) is 13.0 Å². The maximum atomic E-state index is 13.4. The van der Waals surface area contributed by atoms with Crippen molar-refractivity contribution in [1.82, 2.24) is 15.3 Å². The van der Waals surface area contributed by atoms with Gasteiger partial charge >= 0.3 is 0 Å². The molecule has 2 aromatic rings. The Morgan fingerprint density at radius 2 is 2.10 bits per heavy atom. The molecule has 1 atom stereocenters. The molecule has 0 bridgehead atoms. The Morgan fingerprint density at radius 1 is 1.28 bits per heavy atom. The van der Waals surface area contributed by atoms with Crippen LogP contribution in [0.15, 0.2) is 24.4 Å². The van der Waals surface area contributed by atoms with E-state index in [9.17, 15) is 9.50 Å². The second-order valence-electron chi connectivity index (χ2n) is 7.97. The van der Waals surface area contributed by atoms with Crippen molar-refractivity contribution in [3.05, 3.63) is 47.0 Å². The molecule has 1 aromatic carbocycles. The number of aryl methyl sites for hydroxylation is 1. The van der Waals surface area contributed by atoms with Crippen molar-refractivity contribution in [2.75, 3.05) is 31.7 Å². The minimum Gasteiger partial charge on any atom is -0.496 e. The SMILES string of the molecule is COc1cc(F)ccc1CN[C@H]1CCCc2nc(N3CCC(CO)CC3)ncc21. The highest BCUT2D eigenvalue weighted by Gasteiger charge is 2.25. The van der Waals surface area contributed by atoms with E-state index in [-0.39, 0.29) is 18.5 Å². The topological polar surface area (TPSA) is 70.5 Å². The van der Waals surface area contributed by atoms with E-state index in [1.165, 1.54) is 12.1 Å². The molecule has 0 saturated carbocycles. The fraction of sp³-hybridized carbons (Fsp3) is 0.545. The van der Waals surface area contributed by atoms with Gasteiger partial charge in [-0.3, -0.25) is 0 Å². The predicted octanol–water partition coefficient (Wildman–Crippen LogP) is 3.00. The van der Waals surface area contributed by atoms with E-state index in [1.807, 2.05) is 6.20 Å². The van der Waals surface area contributed by atoms with Crippen molar-refractivity contribution in [2.45, 2.75) is 44.7 Å². The Bertz CT molecular complexity index is 840. The summed E-state index contributed by atoms with van der Waals surface area (Å²) in [5, 5.41) is 12.9. The van der Waals surface area contributed by atoms with Crippen molar-refractivity contribution >= 4 is 5.95 Å². The van der Waals surface area contributed by atoms with Crippen LogP contribution in [0.1, 0.15) is 48.5 Å². The molecule has 29 heavy (non-hydrogen) atoms. The molecule has 1 aromatic heterocycles. The Labute approximate surface area is 171 Å². The molecule has 1 saturated heterocycles. The number of nitrogens with zero attached hydrogens (tertiary/aromatic N) is 3. The molecular formula is C22H29FN4O2. The number of hydrogen-bond donors (Lipinski definition) is 2. The third-order valence-electron chi connectivity index (χ3n) is 6.11. The lowest BCUT2D eigenvalue weighted by Gasteiger charge is -2.32. The van der Waals surface area contributed by atoms with Crippen LogP contribution >= 0.6 is 0 Å². The standard InChI is InChI=1S/C22H29FN4O2/c1-29-21-11-17(23)6-5-16(21)12-24-19-3-2-4-20-18(19)13-25-22(26-20)27-9-7-15(14-28)8-10-27/h5-6,11,13,15,19,24,28H,2-4,7-10,12,14H2,1H3/t19-/m0/s1. The molecule has 4 rings (SSSR count). The lowest BCUT2D eigenvalue weighted by molar-refractivity contribution is 0.202. The summed E-state index contributed by atoms with van der Waals surface area (Å²) < 4.78 is 18.7. The number of nitrogens with one attached hydrogen (secondary N) is 1. The maximum Gasteiger partial charge on any atom is 0.225 e. The lowest BCUT2D eigenvalue weighted by atomic mass is 9.92. The molecule has 6 nitrogen and oxygen atoms in total. The average Bonchev–Trinajstić information content (AvgIpc) is 2.77. The summed E-state index contributed by atoms with van der Waals surface area (Å²) in [6.45, 7) is 2.67. The number of halogens is 1. The largest absolute Gasteiger partial charge is 0.496 e. The molecule has 2 N–H and O–H groups in total. The summed E-state index contributed by atoms with van der Waals surface area (Å²) in [5.41, 5.74) is 3.21. The lowest BCUT2D eigenvalue weighted by Crippen LogP contribution is -2.36. The van der Waals surface area contributed by atoms with Crippen molar-refractivity contribution < 1.29 is 14.2 Å². The maximum absolute atomic E-state index is 13.4. The second-order valence-corrected chi connectivity index (χ2v) is 7.97. The number of piperidine rings is 1. The van der Waals surface area contributed by atoms with Crippen LogP contribution in [0.25, 0.3) is 0 Å². The molecule has 1 fully saturated rings. The first kappa shape index (κ1) is 20.0.